The van der Waals surface area contributed by atoms with Crippen molar-refractivity contribution in [3.05, 3.63) is 88.8 Å². The van der Waals surface area contributed by atoms with Crippen LogP contribution < -0.4 is 10.0 Å². The number of rotatable bonds is 7. The highest BCUT2D eigenvalue weighted by Crippen LogP contribution is 2.20. The quantitative estimate of drug-likeness (QED) is 0.544. The zero-order valence-electron chi connectivity index (χ0n) is 15.6. The lowest BCUT2D eigenvalue weighted by molar-refractivity contribution is -0.111. The number of benzene rings is 2. The highest BCUT2D eigenvalue weighted by atomic mass is 35.5. The normalized spacial score (nSPS) is 11.7. The fraction of sp³-hybridized carbons (Fsp3) is 0.0952. The molecule has 0 aliphatic rings. The Morgan fingerprint density at radius 3 is 2.59 bits per heavy atom. The van der Waals surface area contributed by atoms with Crippen LogP contribution in [0.4, 0.5) is 5.69 Å². The maximum atomic E-state index is 12.3. The zero-order chi connectivity index (χ0) is 20.9. The maximum Gasteiger partial charge on any atom is 0.248 e. The van der Waals surface area contributed by atoms with E-state index < -0.39 is 10.0 Å². The number of carbonyl (C=O) groups is 1. The largest absolute Gasteiger partial charge is 0.468 e. The molecule has 29 heavy (non-hydrogen) atoms. The molecule has 0 fully saturated rings. The molecule has 0 unspecified atom stereocenters. The van der Waals surface area contributed by atoms with Crippen LogP contribution in [-0.2, 0) is 21.4 Å². The number of carbonyl (C=O) groups excluding carboxylic acids is 1. The van der Waals surface area contributed by atoms with Crippen LogP contribution in [0.1, 0.15) is 16.9 Å². The Hall–Kier alpha value is -2.87. The van der Waals surface area contributed by atoms with Crippen LogP contribution in [0.25, 0.3) is 6.08 Å². The van der Waals surface area contributed by atoms with Gasteiger partial charge in [-0.3, -0.25) is 4.79 Å². The molecule has 3 rings (SSSR count). The number of amides is 1. The van der Waals surface area contributed by atoms with Crippen LogP contribution in [0, 0.1) is 6.92 Å². The van der Waals surface area contributed by atoms with E-state index in [0.717, 1.165) is 5.56 Å². The summed E-state index contributed by atoms with van der Waals surface area (Å²) in [5, 5.41) is 3.30. The molecule has 2 N–H and O–H groups in total. The molecule has 0 atom stereocenters. The van der Waals surface area contributed by atoms with Gasteiger partial charge in [0.1, 0.15) is 5.76 Å². The molecule has 2 aromatic carbocycles. The summed E-state index contributed by atoms with van der Waals surface area (Å²) in [5.74, 6) is 0.210. The summed E-state index contributed by atoms with van der Waals surface area (Å²) in [6.45, 7) is 1.94. The van der Waals surface area contributed by atoms with Gasteiger partial charge in [0.25, 0.3) is 0 Å². The third-order valence-corrected chi connectivity index (χ3v) is 5.74. The molecule has 0 bridgehead atoms. The molecule has 1 aromatic heterocycles. The molecule has 0 aliphatic heterocycles. The monoisotopic (exact) mass is 430 g/mol. The second kappa shape index (κ2) is 9.09. The molecule has 8 heteroatoms. The number of hydrogen-bond acceptors (Lipinski definition) is 4. The third kappa shape index (κ3) is 5.80. The van der Waals surface area contributed by atoms with Crippen molar-refractivity contribution in [1.29, 1.82) is 0 Å². The molecule has 3 aromatic rings. The third-order valence-electron chi connectivity index (χ3n) is 4.09. The lowest BCUT2D eigenvalue weighted by Crippen LogP contribution is -2.22. The van der Waals surface area contributed by atoms with E-state index in [0.29, 0.717) is 22.0 Å². The smallest absolute Gasteiger partial charge is 0.248 e. The maximum absolute atomic E-state index is 12.3. The molecule has 0 saturated carbocycles. The van der Waals surface area contributed by atoms with Crippen molar-refractivity contribution in [3.63, 3.8) is 0 Å². The lowest BCUT2D eigenvalue weighted by atomic mass is 10.2. The first-order chi connectivity index (χ1) is 13.8. The van der Waals surface area contributed by atoms with Gasteiger partial charge < -0.3 is 9.73 Å². The number of hydrogen-bond donors (Lipinski definition) is 2. The Labute approximate surface area is 174 Å². The van der Waals surface area contributed by atoms with Crippen LogP contribution in [0.5, 0.6) is 0 Å². The summed E-state index contributed by atoms with van der Waals surface area (Å²) in [5.41, 5.74) is 2.22. The average Bonchev–Trinajstić information content (AvgIpc) is 3.22. The predicted molar refractivity (Wildman–Crippen MR) is 113 cm³/mol. The summed E-state index contributed by atoms with van der Waals surface area (Å²) in [6.07, 6.45) is 4.45. The Bertz CT molecular complexity index is 1120. The van der Waals surface area contributed by atoms with Crippen molar-refractivity contribution in [2.75, 3.05) is 5.32 Å². The molecule has 1 heterocycles. The number of sulfonamides is 1. The van der Waals surface area contributed by atoms with Gasteiger partial charge in [0.15, 0.2) is 0 Å². The second-order valence-electron chi connectivity index (χ2n) is 6.25. The van der Waals surface area contributed by atoms with E-state index in [1.807, 2.05) is 13.0 Å². The van der Waals surface area contributed by atoms with Crippen molar-refractivity contribution in [2.45, 2.75) is 18.4 Å². The van der Waals surface area contributed by atoms with E-state index in [2.05, 4.69) is 10.0 Å². The number of nitrogens with one attached hydrogen (secondary N) is 2. The van der Waals surface area contributed by atoms with Gasteiger partial charge >= 0.3 is 0 Å². The van der Waals surface area contributed by atoms with Crippen molar-refractivity contribution in [3.8, 4) is 0 Å². The van der Waals surface area contributed by atoms with E-state index in [9.17, 15) is 13.2 Å². The lowest BCUT2D eigenvalue weighted by Gasteiger charge is -2.07. The first kappa shape index (κ1) is 20.9. The zero-order valence-corrected chi connectivity index (χ0v) is 17.1. The van der Waals surface area contributed by atoms with Crippen molar-refractivity contribution in [2.24, 2.45) is 0 Å². The van der Waals surface area contributed by atoms with Gasteiger partial charge in [-0.15, -0.1) is 0 Å². The second-order valence-corrected chi connectivity index (χ2v) is 8.46. The van der Waals surface area contributed by atoms with Gasteiger partial charge in [0, 0.05) is 16.8 Å². The van der Waals surface area contributed by atoms with Crippen LogP contribution in [-0.4, -0.2) is 14.3 Å². The molecule has 1 amide bonds. The van der Waals surface area contributed by atoms with Crippen molar-refractivity contribution >= 4 is 39.3 Å². The molecule has 0 saturated heterocycles. The van der Waals surface area contributed by atoms with Gasteiger partial charge in [-0.1, -0.05) is 29.8 Å². The van der Waals surface area contributed by atoms with E-state index >= 15 is 0 Å². The molecule has 6 nitrogen and oxygen atoms in total. The molecular formula is C21H19ClN2O4S. The van der Waals surface area contributed by atoms with Crippen LogP contribution in [0.3, 0.4) is 0 Å². The first-order valence-electron chi connectivity index (χ1n) is 8.71. The SMILES string of the molecule is Cc1ccc(Cl)cc1NC(=O)C=Cc1ccc(S(=O)(=O)NCc2ccco2)cc1. The molecular weight excluding hydrogens is 412 g/mol. The van der Waals surface area contributed by atoms with Crippen molar-refractivity contribution in [1.82, 2.24) is 4.72 Å². The van der Waals surface area contributed by atoms with Crippen LogP contribution >= 0.6 is 11.6 Å². The van der Waals surface area contributed by atoms with E-state index in [1.165, 1.54) is 24.5 Å². The summed E-state index contributed by atoms with van der Waals surface area (Å²) in [7, 11) is -3.66. The van der Waals surface area contributed by atoms with E-state index in [1.54, 1.807) is 42.5 Å². The summed E-state index contributed by atoms with van der Waals surface area (Å²) in [6, 6.07) is 14.8. The molecule has 0 aliphatic carbocycles. The van der Waals surface area contributed by atoms with Crippen LogP contribution in [0.2, 0.25) is 5.02 Å². The Morgan fingerprint density at radius 2 is 1.90 bits per heavy atom. The van der Waals surface area contributed by atoms with E-state index in [4.69, 9.17) is 16.0 Å². The fourth-order valence-electron chi connectivity index (χ4n) is 2.50. The minimum absolute atomic E-state index is 0.0695. The predicted octanol–water partition coefficient (Wildman–Crippen LogP) is 4.37. The van der Waals surface area contributed by atoms with Crippen molar-refractivity contribution < 1.29 is 17.6 Å². The standard InChI is InChI=1S/C21H19ClN2O4S/c1-15-4-8-17(22)13-20(15)24-21(25)11-7-16-5-9-19(10-6-16)29(26,27)23-14-18-3-2-12-28-18/h2-13,23H,14H2,1H3,(H,24,25). The molecule has 0 radical (unpaired) electrons. The minimum atomic E-state index is -3.66. The number of aryl methyl sites for hydroxylation is 1. The minimum Gasteiger partial charge on any atom is -0.468 e. The Kier molecular flexibility index (Phi) is 6.53. The average molecular weight is 431 g/mol. The van der Waals surface area contributed by atoms with Gasteiger partial charge in [-0.2, -0.15) is 0 Å². The number of anilines is 1. The summed E-state index contributed by atoms with van der Waals surface area (Å²) in [4.78, 5) is 12.2. The summed E-state index contributed by atoms with van der Waals surface area (Å²) >= 11 is 5.95. The molecule has 150 valence electrons. The summed E-state index contributed by atoms with van der Waals surface area (Å²) < 4.78 is 32.2. The number of furan rings is 1. The molecule has 0 spiro atoms. The van der Waals surface area contributed by atoms with Gasteiger partial charge in [0.05, 0.1) is 17.7 Å². The first-order valence-corrected chi connectivity index (χ1v) is 10.6. The van der Waals surface area contributed by atoms with E-state index in [-0.39, 0.29) is 17.3 Å². The van der Waals surface area contributed by atoms with Crippen LogP contribution in [0.15, 0.2) is 76.2 Å². The van der Waals surface area contributed by atoms with Gasteiger partial charge in [-0.25, -0.2) is 13.1 Å². The highest BCUT2D eigenvalue weighted by Gasteiger charge is 2.14. The highest BCUT2D eigenvalue weighted by molar-refractivity contribution is 7.89. The number of halogens is 1. The van der Waals surface area contributed by atoms with Gasteiger partial charge in [-0.05, 0) is 60.5 Å². The van der Waals surface area contributed by atoms with Gasteiger partial charge in [0.2, 0.25) is 15.9 Å². The Morgan fingerprint density at radius 1 is 1.14 bits per heavy atom. The Balaban J connectivity index is 1.62. The fourth-order valence-corrected chi connectivity index (χ4v) is 3.66. The topological polar surface area (TPSA) is 88.4 Å².